The molecule has 0 bridgehead atoms. The molecule has 1 unspecified atom stereocenters. The first kappa shape index (κ1) is 18.0. The molecule has 4 nitrogen and oxygen atoms in total. The van der Waals surface area contributed by atoms with Gasteiger partial charge in [-0.25, -0.2) is 0 Å². The van der Waals surface area contributed by atoms with Gasteiger partial charge in [-0.05, 0) is 45.0 Å². The van der Waals surface area contributed by atoms with Crippen LogP contribution in [0, 0.1) is 0 Å². The smallest absolute Gasteiger partial charge is 0.119 e. The Morgan fingerprint density at radius 2 is 1.81 bits per heavy atom. The number of hydrogen-bond donors (Lipinski definition) is 1. The van der Waals surface area contributed by atoms with Crippen LogP contribution in [-0.4, -0.2) is 43.9 Å². The van der Waals surface area contributed by atoms with E-state index in [9.17, 15) is 0 Å². The summed E-state index contributed by atoms with van der Waals surface area (Å²) in [7, 11) is 0. The fourth-order valence-corrected chi connectivity index (χ4v) is 2.17. The zero-order chi connectivity index (χ0) is 15.7. The molecule has 0 aliphatic rings. The first-order chi connectivity index (χ1) is 10.1. The molecule has 1 atom stereocenters. The first-order valence-corrected chi connectivity index (χ1v) is 7.89. The molecule has 4 heteroatoms. The largest absolute Gasteiger partial charge is 0.491 e. The summed E-state index contributed by atoms with van der Waals surface area (Å²) in [6.45, 7) is 12.5. The highest BCUT2D eigenvalue weighted by Gasteiger charge is 2.11. The predicted molar refractivity (Wildman–Crippen MR) is 87.7 cm³/mol. The van der Waals surface area contributed by atoms with E-state index in [1.165, 1.54) is 0 Å². The second-order valence-electron chi connectivity index (χ2n) is 5.43. The molecule has 0 spiro atoms. The van der Waals surface area contributed by atoms with E-state index in [0.717, 1.165) is 44.2 Å². The van der Waals surface area contributed by atoms with Gasteiger partial charge in [-0.3, -0.25) is 4.90 Å². The van der Waals surface area contributed by atoms with Gasteiger partial charge in [0.25, 0.3) is 0 Å². The number of benzene rings is 1. The topological polar surface area (TPSA) is 47.7 Å². The van der Waals surface area contributed by atoms with E-state index < -0.39 is 0 Å². The molecule has 1 rings (SSSR count). The van der Waals surface area contributed by atoms with Crippen molar-refractivity contribution in [1.29, 1.82) is 0 Å². The lowest BCUT2D eigenvalue weighted by atomic mass is 10.1. The van der Waals surface area contributed by atoms with Crippen LogP contribution >= 0.6 is 0 Å². The van der Waals surface area contributed by atoms with Crippen LogP contribution in [0.3, 0.4) is 0 Å². The van der Waals surface area contributed by atoms with Crippen LogP contribution in [-0.2, 0) is 4.74 Å². The number of ether oxygens (including phenoxy) is 2. The molecule has 2 N–H and O–H groups in total. The van der Waals surface area contributed by atoms with Crippen LogP contribution in [0.15, 0.2) is 24.3 Å². The summed E-state index contributed by atoms with van der Waals surface area (Å²) in [4.78, 5) is 2.32. The van der Waals surface area contributed by atoms with Crippen LogP contribution < -0.4 is 10.5 Å². The van der Waals surface area contributed by atoms with E-state index in [-0.39, 0.29) is 12.1 Å². The molecule has 0 amide bonds. The molecule has 0 saturated carbocycles. The Hall–Kier alpha value is -1.10. The van der Waals surface area contributed by atoms with Crippen LogP contribution in [0.1, 0.15) is 39.3 Å². The summed E-state index contributed by atoms with van der Waals surface area (Å²) in [5.41, 5.74) is 7.44. The van der Waals surface area contributed by atoms with Gasteiger partial charge in [0.05, 0.1) is 12.7 Å². The quantitative estimate of drug-likeness (QED) is 0.674. The van der Waals surface area contributed by atoms with Crippen LogP contribution in [0.25, 0.3) is 0 Å². The Kier molecular flexibility index (Phi) is 8.35. The van der Waals surface area contributed by atoms with E-state index >= 15 is 0 Å². The molecule has 0 aliphatic carbocycles. The highest BCUT2D eigenvalue weighted by Crippen LogP contribution is 2.18. The minimum Gasteiger partial charge on any atom is -0.491 e. The summed E-state index contributed by atoms with van der Waals surface area (Å²) in [6.07, 6.45) is 0.193. The van der Waals surface area contributed by atoms with Crippen molar-refractivity contribution in [3.05, 3.63) is 29.8 Å². The maximum Gasteiger partial charge on any atom is 0.119 e. The van der Waals surface area contributed by atoms with Crippen molar-refractivity contribution in [2.45, 2.75) is 39.8 Å². The molecule has 1 aromatic rings. The fourth-order valence-electron chi connectivity index (χ4n) is 2.17. The molecule has 0 radical (unpaired) electrons. The number of nitrogens with zero attached hydrogens (tertiary/aromatic N) is 1. The maximum atomic E-state index is 6.30. The summed E-state index contributed by atoms with van der Waals surface area (Å²) in [5.74, 6) is 0.893. The standard InChI is InChI=1S/C17H30N2O2/c1-5-19(11-12-20-6-2)13-17(18)15-7-9-16(10-8-15)21-14(3)4/h7-10,14,17H,5-6,11-13,18H2,1-4H3. The van der Waals surface area contributed by atoms with Crippen molar-refractivity contribution < 1.29 is 9.47 Å². The van der Waals surface area contributed by atoms with Crippen molar-refractivity contribution in [3.8, 4) is 5.75 Å². The number of nitrogens with two attached hydrogens (primary N) is 1. The van der Waals surface area contributed by atoms with Gasteiger partial charge in [0.1, 0.15) is 5.75 Å². The second-order valence-corrected chi connectivity index (χ2v) is 5.43. The Morgan fingerprint density at radius 3 is 2.33 bits per heavy atom. The monoisotopic (exact) mass is 294 g/mol. The molecular formula is C17H30N2O2. The lowest BCUT2D eigenvalue weighted by Gasteiger charge is -2.24. The normalized spacial score (nSPS) is 12.9. The van der Waals surface area contributed by atoms with Gasteiger partial charge < -0.3 is 15.2 Å². The zero-order valence-electron chi connectivity index (χ0n) is 13.8. The summed E-state index contributed by atoms with van der Waals surface area (Å²) >= 11 is 0. The van der Waals surface area contributed by atoms with E-state index in [1.807, 2.05) is 32.9 Å². The van der Waals surface area contributed by atoms with Gasteiger partial charge in [0.2, 0.25) is 0 Å². The molecule has 1 aromatic carbocycles. The summed E-state index contributed by atoms with van der Waals surface area (Å²) in [6, 6.07) is 8.11. The minimum absolute atomic E-state index is 0.0136. The molecule has 0 fully saturated rings. The first-order valence-electron chi connectivity index (χ1n) is 7.89. The molecule has 0 heterocycles. The molecule has 0 aromatic heterocycles. The van der Waals surface area contributed by atoms with Gasteiger partial charge in [-0.1, -0.05) is 19.1 Å². The van der Waals surface area contributed by atoms with Gasteiger partial charge in [0.15, 0.2) is 0 Å². The minimum atomic E-state index is 0.0136. The summed E-state index contributed by atoms with van der Waals surface area (Å²) in [5, 5.41) is 0. The third-order valence-corrected chi connectivity index (χ3v) is 3.34. The Balaban J connectivity index is 2.51. The average Bonchev–Trinajstić information content (AvgIpc) is 2.46. The van der Waals surface area contributed by atoms with Crippen molar-refractivity contribution >= 4 is 0 Å². The van der Waals surface area contributed by atoms with E-state index in [1.54, 1.807) is 0 Å². The van der Waals surface area contributed by atoms with Gasteiger partial charge in [0, 0.05) is 25.7 Å². The Labute approximate surface area is 129 Å². The lowest BCUT2D eigenvalue weighted by Crippen LogP contribution is -2.34. The molecule has 120 valence electrons. The highest BCUT2D eigenvalue weighted by atomic mass is 16.5. The van der Waals surface area contributed by atoms with E-state index in [0.29, 0.717) is 0 Å². The molecule has 0 aliphatic heterocycles. The highest BCUT2D eigenvalue weighted by molar-refractivity contribution is 5.29. The van der Waals surface area contributed by atoms with Crippen LogP contribution in [0.2, 0.25) is 0 Å². The Bertz CT molecular complexity index is 379. The Morgan fingerprint density at radius 1 is 1.14 bits per heavy atom. The number of hydrogen-bond acceptors (Lipinski definition) is 4. The lowest BCUT2D eigenvalue weighted by molar-refractivity contribution is 0.113. The SMILES string of the molecule is CCOCCN(CC)CC(N)c1ccc(OC(C)C)cc1. The fraction of sp³-hybridized carbons (Fsp3) is 0.647. The van der Waals surface area contributed by atoms with Gasteiger partial charge in [-0.15, -0.1) is 0 Å². The average molecular weight is 294 g/mol. The summed E-state index contributed by atoms with van der Waals surface area (Å²) < 4.78 is 11.1. The third-order valence-electron chi connectivity index (χ3n) is 3.34. The zero-order valence-corrected chi connectivity index (χ0v) is 13.8. The maximum absolute atomic E-state index is 6.30. The van der Waals surface area contributed by atoms with Crippen molar-refractivity contribution in [3.63, 3.8) is 0 Å². The van der Waals surface area contributed by atoms with Crippen molar-refractivity contribution in [2.75, 3.05) is 32.8 Å². The molecular weight excluding hydrogens is 264 g/mol. The van der Waals surface area contributed by atoms with E-state index in [2.05, 4.69) is 24.0 Å². The number of rotatable bonds is 10. The molecule has 0 saturated heterocycles. The molecule has 21 heavy (non-hydrogen) atoms. The van der Waals surface area contributed by atoms with E-state index in [4.69, 9.17) is 15.2 Å². The third kappa shape index (κ3) is 6.93. The van der Waals surface area contributed by atoms with Gasteiger partial charge >= 0.3 is 0 Å². The van der Waals surface area contributed by atoms with Crippen molar-refractivity contribution in [2.24, 2.45) is 5.73 Å². The second kappa shape index (κ2) is 9.77. The predicted octanol–water partition coefficient (Wildman–Crippen LogP) is 2.83. The van der Waals surface area contributed by atoms with Crippen LogP contribution in [0.4, 0.5) is 0 Å². The van der Waals surface area contributed by atoms with Crippen LogP contribution in [0.5, 0.6) is 5.75 Å². The van der Waals surface area contributed by atoms with Crippen molar-refractivity contribution in [1.82, 2.24) is 4.90 Å². The van der Waals surface area contributed by atoms with Gasteiger partial charge in [-0.2, -0.15) is 0 Å². The number of likely N-dealkylation sites (N-methyl/N-ethyl adjacent to an activating group) is 1.